The van der Waals surface area contributed by atoms with Gasteiger partial charge < -0.3 is 15.0 Å². The lowest BCUT2D eigenvalue weighted by Gasteiger charge is -2.27. The lowest BCUT2D eigenvalue weighted by Crippen LogP contribution is -2.54. The van der Waals surface area contributed by atoms with E-state index in [4.69, 9.17) is 4.74 Å². The number of carbonyl (C=O) groups excluding carboxylic acids is 2. The monoisotopic (exact) mass is 336 g/mol. The molecule has 2 aliphatic rings. The number of anilines is 1. The Kier molecular flexibility index (Phi) is 4.84. The molecule has 130 valence electrons. The molecule has 1 aliphatic carbocycles. The molecule has 1 saturated carbocycles. The average molecular weight is 336 g/mol. The zero-order valence-corrected chi connectivity index (χ0v) is 13.4. The fourth-order valence-corrected chi connectivity index (χ4v) is 2.78. The topological polar surface area (TPSA) is 82.7 Å². The summed E-state index contributed by atoms with van der Waals surface area (Å²) < 4.78 is 18.2. The van der Waals surface area contributed by atoms with Gasteiger partial charge in [0.15, 0.2) is 0 Å². The highest BCUT2D eigenvalue weighted by Crippen LogP contribution is 2.24. The normalized spacial score (nSPS) is 23.0. The zero-order valence-electron chi connectivity index (χ0n) is 13.4. The molecule has 1 aromatic carbocycles. The summed E-state index contributed by atoms with van der Waals surface area (Å²) in [5, 5.41) is 2.89. The first-order chi connectivity index (χ1) is 11.6. The van der Waals surface area contributed by atoms with E-state index in [9.17, 15) is 14.0 Å². The van der Waals surface area contributed by atoms with E-state index in [0.717, 1.165) is 12.8 Å². The number of hydrogen-bond donors (Lipinski definition) is 3. The van der Waals surface area contributed by atoms with E-state index in [2.05, 4.69) is 16.2 Å². The predicted molar refractivity (Wildman–Crippen MR) is 85.6 cm³/mol. The molecule has 0 radical (unpaired) electrons. The fraction of sp³-hybridized carbons (Fsp3) is 0.500. The van der Waals surface area contributed by atoms with Gasteiger partial charge in [0, 0.05) is 19.7 Å². The van der Waals surface area contributed by atoms with Crippen LogP contribution in [0, 0.1) is 5.82 Å². The molecule has 1 aromatic rings. The average Bonchev–Trinajstić information content (AvgIpc) is 3.28. The summed E-state index contributed by atoms with van der Waals surface area (Å²) in [4.78, 5) is 26.3. The van der Waals surface area contributed by atoms with Crippen molar-refractivity contribution in [2.24, 2.45) is 0 Å². The third-order valence-corrected chi connectivity index (χ3v) is 4.25. The summed E-state index contributed by atoms with van der Waals surface area (Å²) >= 11 is 0. The van der Waals surface area contributed by atoms with Gasteiger partial charge in [-0.15, -0.1) is 0 Å². The van der Waals surface area contributed by atoms with E-state index in [-0.39, 0.29) is 29.9 Å². The van der Waals surface area contributed by atoms with Crippen molar-refractivity contribution < 1.29 is 18.7 Å². The van der Waals surface area contributed by atoms with Crippen molar-refractivity contribution in [2.75, 3.05) is 19.1 Å². The minimum absolute atomic E-state index is 0.222. The van der Waals surface area contributed by atoms with Crippen molar-refractivity contribution in [3.63, 3.8) is 0 Å². The standard InChI is InChI=1S/C16H21FN4O3/c1-24-13-8-9-21(16(23)18-11-6-7-11)14(13)15(22)20-19-12-4-2-10(17)3-5-12/h2-5,11,13-14,19H,6-9H2,1H3,(H,18,23)(H,20,22). The van der Waals surface area contributed by atoms with Crippen molar-refractivity contribution >= 4 is 17.6 Å². The van der Waals surface area contributed by atoms with E-state index >= 15 is 0 Å². The number of urea groups is 1. The summed E-state index contributed by atoms with van der Waals surface area (Å²) in [6, 6.07) is 4.88. The van der Waals surface area contributed by atoms with Crippen molar-refractivity contribution in [1.82, 2.24) is 15.6 Å². The number of benzene rings is 1. The molecule has 3 rings (SSSR count). The van der Waals surface area contributed by atoms with Crippen molar-refractivity contribution in [1.29, 1.82) is 0 Å². The third-order valence-electron chi connectivity index (χ3n) is 4.25. The van der Waals surface area contributed by atoms with Crippen LogP contribution in [0.3, 0.4) is 0 Å². The third kappa shape index (κ3) is 3.76. The second kappa shape index (κ2) is 7.04. The van der Waals surface area contributed by atoms with Gasteiger partial charge in [-0.05, 0) is 43.5 Å². The molecular weight excluding hydrogens is 315 g/mol. The predicted octanol–water partition coefficient (Wildman–Crippen LogP) is 1.23. The summed E-state index contributed by atoms with van der Waals surface area (Å²) in [7, 11) is 1.53. The Morgan fingerprint density at radius 2 is 1.92 bits per heavy atom. The molecule has 3 amide bonds. The van der Waals surface area contributed by atoms with Crippen LogP contribution in [0.4, 0.5) is 14.9 Å². The van der Waals surface area contributed by atoms with Gasteiger partial charge >= 0.3 is 6.03 Å². The van der Waals surface area contributed by atoms with E-state index < -0.39 is 6.04 Å². The molecular formula is C16H21FN4O3. The summed E-state index contributed by atoms with van der Waals surface area (Å²) in [5.74, 6) is -0.723. The number of methoxy groups -OCH3 is 1. The maximum atomic E-state index is 12.9. The maximum Gasteiger partial charge on any atom is 0.318 e. The van der Waals surface area contributed by atoms with Gasteiger partial charge in [-0.2, -0.15) is 0 Å². The van der Waals surface area contributed by atoms with Crippen LogP contribution in [-0.2, 0) is 9.53 Å². The Hall–Kier alpha value is -2.35. The SMILES string of the molecule is COC1CCN(C(=O)NC2CC2)C1C(=O)NNc1ccc(F)cc1. The molecule has 3 N–H and O–H groups in total. The second-order valence-electron chi connectivity index (χ2n) is 6.05. The molecule has 2 unspecified atom stereocenters. The molecule has 24 heavy (non-hydrogen) atoms. The van der Waals surface area contributed by atoms with Crippen LogP contribution in [0.2, 0.25) is 0 Å². The Morgan fingerprint density at radius 1 is 1.21 bits per heavy atom. The second-order valence-corrected chi connectivity index (χ2v) is 6.05. The van der Waals surface area contributed by atoms with Crippen LogP contribution < -0.4 is 16.2 Å². The number of carbonyl (C=O) groups is 2. The molecule has 0 aromatic heterocycles. The number of nitrogens with zero attached hydrogens (tertiary/aromatic N) is 1. The van der Waals surface area contributed by atoms with Gasteiger partial charge in [-0.3, -0.25) is 15.6 Å². The van der Waals surface area contributed by atoms with E-state index in [1.807, 2.05) is 0 Å². The lowest BCUT2D eigenvalue weighted by atomic mass is 10.1. The van der Waals surface area contributed by atoms with Gasteiger partial charge in [-0.1, -0.05) is 0 Å². The Balaban J connectivity index is 1.62. The number of hydrazine groups is 1. The van der Waals surface area contributed by atoms with E-state index in [0.29, 0.717) is 18.7 Å². The summed E-state index contributed by atoms with van der Waals surface area (Å²) in [6.45, 7) is 0.464. The quantitative estimate of drug-likeness (QED) is 0.707. The molecule has 0 spiro atoms. The Bertz CT molecular complexity index is 606. The minimum Gasteiger partial charge on any atom is -0.379 e. The molecule has 1 heterocycles. The number of amides is 3. The minimum atomic E-state index is -0.707. The number of nitrogens with one attached hydrogen (secondary N) is 3. The van der Waals surface area contributed by atoms with Crippen LogP contribution in [0.15, 0.2) is 24.3 Å². The first-order valence-electron chi connectivity index (χ1n) is 8.00. The van der Waals surface area contributed by atoms with Crippen LogP contribution in [0.1, 0.15) is 19.3 Å². The zero-order chi connectivity index (χ0) is 17.1. The molecule has 8 heteroatoms. The van der Waals surface area contributed by atoms with Gasteiger partial charge in [-0.25, -0.2) is 9.18 Å². The number of halogens is 1. The van der Waals surface area contributed by atoms with Crippen molar-refractivity contribution in [3.05, 3.63) is 30.1 Å². The number of hydrogen-bond acceptors (Lipinski definition) is 4. The van der Waals surface area contributed by atoms with Crippen molar-refractivity contribution in [2.45, 2.75) is 37.5 Å². The largest absolute Gasteiger partial charge is 0.379 e. The number of ether oxygens (including phenoxy) is 1. The van der Waals surface area contributed by atoms with E-state index in [1.165, 1.54) is 36.3 Å². The van der Waals surface area contributed by atoms with Gasteiger partial charge in [0.05, 0.1) is 11.8 Å². The number of rotatable bonds is 5. The smallest absolute Gasteiger partial charge is 0.318 e. The highest BCUT2D eigenvalue weighted by Gasteiger charge is 2.43. The maximum absolute atomic E-state index is 12.9. The van der Waals surface area contributed by atoms with Crippen LogP contribution >= 0.6 is 0 Å². The van der Waals surface area contributed by atoms with Crippen molar-refractivity contribution in [3.8, 4) is 0 Å². The molecule has 2 fully saturated rings. The highest BCUT2D eigenvalue weighted by atomic mass is 19.1. The molecule has 1 saturated heterocycles. The van der Waals surface area contributed by atoms with Gasteiger partial charge in [0.25, 0.3) is 5.91 Å². The molecule has 0 bridgehead atoms. The van der Waals surface area contributed by atoms with Crippen LogP contribution in [-0.4, -0.2) is 48.7 Å². The van der Waals surface area contributed by atoms with Crippen LogP contribution in [0.5, 0.6) is 0 Å². The highest BCUT2D eigenvalue weighted by molar-refractivity contribution is 5.89. The molecule has 2 atom stereocenters. The van der Waals surface area contributed by atoms with E-state index in [1.54, 1.807) is 0 Å². The Labute approximate surface area is 139 Å². The summed E-state index contributed by atoms with van der Waals surface area (Å²) in [6.07, 6.45) is 2.21. The first-order valence-corrected chi connectivity index (χ1v) is 8.00. The van der Waals surface area contributed by atoms with Gasteiger partial charge in [0.2, 0.25) is 0 Å². The first kappa shape index (κ1) is 16.5. The summed E-state index contributed by atoms with van der Waals surface area (Å²) in [5.41, 5.74) is 5.84. The molecule has 7 nitrogen and oxygen atoms in total. The lowest BCUT2D eigenvalue weighted by molar-refractivity contribution is -0.127. The fourth-order valence-electron chi connectivity index (χ4n) is 2.78. The van der Waals surface area contributed by atoms with Gasteiger partial charge in [0.1, 0.15) is 11.9 Å². The van der Waals surface area contributed by atoms with Crippen LogP contribution in [0.25, 0.3) is 0 Å². The number of likely N-dealkylation sites (tertiary alicyclic amines) is 1. The molecule has 1 aliphatic heterocycles. The Morgan fingerprint density at radius 3 is 2.54 bits per heavy atom.